The van der Waals surface area contributed by atoms with E-state index < -0.39 is 10.5 Å². The van der Waals surface area contributed by atoms with Crippen LogP contribution in [0.4, 0.5) is 11.4 Å². The maximum Gasteiger partial charge on any atom is 0.175 e. The van der Waals surface area contributed by atoms with Crippen molar-refractivity contribution in [3.8, 4) is 0 Å². The topological polar surface area (TPSA) is 121 Å². The van der Waals surface area contributed by atoms with Crippen molar-refractivity contribution in [2.24, 2.45) is 0 Å². The van der Waals surface area contributed by atoms with Gasteiger partial charge < -0.3 is 19.9 Å². The van der Waals surface area contributed by atoms with Gasteiger partial charge in [-0.3, -0.25) is 0 Å². The van der Waals surface area contributed by atoms with Gasteiger partial charge in [0, 0.05) is 11.1 Å². The molecule has 4 atom stereocenters. The lowest BCUT2D eigenvalue weighted by Crippen LogP contribution is -3.01. The van der Waals surface area contributed by atoms with Crippen molar-refractivity contribution < 1.29 is 30.3 Å². The van der Waals surface area contributed by atoms with Gasteiger partial charge in [0.15, 0.2) is 11.4 Å². The van der Waals surface area contributed by atoms with Crippen molar-refractivity contribution >= 4 is 11.4 Å². The van der Waals surface area contributed by atoms with Crippen LogP contribution in [0.25, 0.3) is 0 Å². The number of rotatable bonds is 4. The smallest absolute Gasteiger partial charge is 0.175 e. The monoisotopic (exact) mass is 256 g/mol. The highest BCUT2D eigenvalue weighted by atomic mass is 16.8. The van der Waals surface area contributed by atoms with E-state index in [1.165, 1.54) is 6.07 Å². The second-order valence-electron chi connectivity index (χ2n) is 4.28. The van der Waals surface area contributed by atoms with Crippen LogP contribution in [-0.2, 0) is 9.47 Å². The van der Waals surface area contributed by atoms with Crippen molar-refractivity contribution in [2.75, 3.05) is 13.2 Å². The molecule has 18 heavy (non-hydrogen) atoms. The molecule has 2 aliphatic rings. The third-order valence-corrected chi connectivity index (χ3v) is 3.04. The van der Waals surface area contributed by atoms with E-state index in [1.807, 2.05) is 0 Å². The van der Waals surface area contributed by atoms with Crippen molar-refractivity contribution in [1.82, 2.24) is 0 Å². The van der Waals surface area contributed by atoms with E-state index in [0.717, 1.165) is 0 Å². The largest absolute Gasteiger partial charge is 0.595 e. The Morgan fingerprint density at radius 2 is 1.33 bits per heavy atom. The molecule has 2 saturated heterocycles. The average molecular weight is 256 g/mol. The molecule has 2 heterocycles. The van der Waals surface area contributed by atoms with Crippen LogP contribution in [0.1, 0.15) is 23.3 Å². The summed E-state index contributed by atoms with van der Waals surface area (Å²) >= 11 is 0. The molecule has 0 aliphatic carbocycles. The Balaban J connectivity index is 2.10. The summed E-state index contributed by atoms with van der Waals surface area (Å²) in [6, 6.07) is 2.78. The number of quaternary nitrogens is 2. The number of hydrogen-bond donors (Lipinski definition) is 4. The van der Waals surface area contributed by atoms with Gasteiger partial charge in [0.1, 0.15) is 12.2 Å². The van der Waals surface area contributed by atoms with E-state index in [1.54, 1.807) is 6.07 Å². The fourth-order valence-corrected chi connectivity index (χ4v) is 1.99. The highest BCUT2D eigenvalue weighted by molar-refractivity contribution is 5.56. The Morgan fingerprint density at radius 3 is 1.61 bits per heavy atom. The first kappa shape index (κ1) is 12.0. The Labute approximate surface area is 102 Å². The predicted molar refractivity (Wildman–Crippen MR) is 55.4 cm³/mol. The lowest BCUT2D eigenvalue weighted by molar-refractivity contribution is -0.996. The first-order valence-corrected chi connectivity index (χ1v) is 5.45. The average Bonchev–Trinajstić information content (AvgIpc) is 3.16. The lowest BCUT2D eigenvalue weighted by atomic mass is 10.0. The summed E-state index contributed by atoms with van der Waals surface area (Å²) in [5.74, 6) is 0. The number of hydrogen-bond acceptors (Lipinski definition) is 6. The molecule has 2 unspecified atom stereocenters. The molecular weight excluding hydrogens is 244 g/mol. The van der Waals surface area contributed by atoms with Crippen molar-refractivity contribution in [3.63, 3.8) is 0 Å². The third-order valence-electron chi connectivity index (χ3n) is 3.04. The molecule has 0 saturated carbocycles. The van der Waals surface area contributed by atoms with Gasteiger partial charge in [0.05, 0.1) is 19.3 Å². The normalized spacial score (nSPS) is 28.9. The number of nitrogens with one attached hydrogen (secondary N) is 2. The van der Waals surface area contributed by atoms with Gasteiger partial charge in [-0.25, -0.2) is 10.4 Å². The molecule has 0 aromatic heterocycles. The van der Waals surface area contributed by atoms with Crippen LogP contribution in [0.3, 0.4) is 0 Å². The summed E-state index contributed by atoms with van der Waals surface area (Å²) in [5, 5.41) is 38.2. The zero-order valence-electron chi connectivity index (χ0n) is 9.25. The van der Waals surface area contributed by atoms with Gasteiger partial charge in [0.25, 0.3) is 0 Å². The highest BCUT2D eigenvalue weighted by Gasteiger charge is 2.37. The second-order valence-corrected chi connectivity index (χ2v) is 4.28. The van der Waals surface area contributed by atoms with E-state index in [0.29, 0.717) is 24.3 Å². The molecule has 8 heteroatoms. The van der Waals surface area contributed by atoms with Gasteiger partial charge >= 0.3 is 0 Å². The van der Waals surface area contributed by atoms with Gasteiger partial charge in [-0.15, -0.1) is 0 Å². The summed E-state index contributed by atoms with van der Waals surface area (Å²) in [6.07, 6.45) is -0.479. The molecular formula is C10H12N2O6. The van der Waals surface area contributed by atoms with Crippen LogP contribution in [0.15, 0.2) is 12.1 Å². The van der Waals surface area contributed by atoms with E-state index in [9.17, 15) is 10.4 Å². The highest BCUT2D eigenvalue weighted by Crippen LogP contribution is 2.41. The summed E-state index contributed by atoms with van der Waals surface area (Å²) in [4.78, 5) is 0. The molecule has 1 aromatic rings. The predicted octanol–water partition coefficient (Wildman–Crippen LogP) is -1.36. The molecule has 0 amide bonds. The van der Waals surface area contributed by atoms with Crippen LogP contribution in [-0.4, -0.2) is 23.6 Å². The first-order valence-electron chi connectivity index (χ1n) is 5.45. The molecule has 1 aromatic carbocycles. The maximum absolute atomic E-state index is 11.1. The lowest BCUT2D eigenvalue weighted by Gasteiger charge is -2.20. The Kier molecular flexibility index (Phi) is 2.81. The van der Waals surface area contributed by atoms with E-state index in [2.05, 4.69) is 0 Å². The minimum Gasteiger partial charge on any atom is -0.595 e. The van der Waals surface area contributed by atoms with Gasteiger partial charge in [0.2, 0.25) is 0 Å². The van der Waals surface area contributed by atoms with E-state index >= 15 is 0 Å². The molecule has 0 bridgehead atoms. The molecule has 8 nitrogen and oxygen atoms in total. The fourth-order valence-electron chi connectivity index (χ4n) is 1.99. The Hall–Kier alpha value is -1.10. The van der Waals surface area contributed by atoms with E-state index in [-0.39, 0.29) is 23.6 Å². The SMILES string of the molecule is [O-][NH+](O)c1cc([NH+]([O-])O)c([C@@H]2CO2)cc1[C@@H]1CO1. The first-order chi connectivity index (χ1) is 8.58. The minimum absolute atomic E-state index is 0.0145. The zero-order chi connectivity index (χ0) is 12.9. The molecule has 2 aliphatic heterocycles. The van der Waals surface area contributed by atoms with Crippen LogP contribution in [0, 0.1) is 10.4 Å². The van der Waals surface area contributed by atoms with Crippen molar-refractivity contribution in [2.45, 2.75) is 12.2 Å². The van der Waals surface area contributed by atoms with Crippen molar-refractivity contribution in [3.05, 3.63) is 33.7 Å². The standard InChI is InChI=1S/C10H12N2O6/c13-11(14)7-2-8(12(15)16)6(10-4-18-10)1-5(7)9-3-17-9/h1-2,9-13,15H,3-4H2/t9-,10-/m0/s1. The minimum atomic E-state index is -1.15. The Morgan fingerprint density at radius 1 is 0.944 bits per heavy atom. The quantitative estimate of drug-likeness (QED) is 0.390. The number of ether oxygens (including phenoxy) is 2. The van der Waals surface area contributed by atoms with Crippen LogP contribution in [0.2, 0.25) is 0 Å². The van der Waals surface area contributed by atoms with Crippen LogP contribution >= 0.6 is 0 Å². The van der Waals surface area contributed by atoms with Crippen LogP contribution in [0.5, 0.6) is 0 Å². The Bertz CT molecular complexity index is 403. The fraction of sp³-hybridized carbons (Fsp3) is 0.400. The number of benzene rings is 1. The molecule has 2 fully saturated rings. The van der Waals surface area contributed by atoms with Crippen molar-refractivity contribution in [1.29, 1.82) is 0 Å². The number of epoxide rings is 2. The second kappa shape index (κ2) is 4.23. The zero-order valence-corrected chi connectivity index (χ0v) is 9.25. The van der Waals surface area contributed by atoms with Crippen LogP contribution < -0.4 is 10.5 Å². The van der Waals surface area contributed by atoms with E-state index in [4.69, 9.17) is 19.9 Å². The molecule has 3 rings (SSSR count). The third kappa shape index (κ3) is 2.11. The molecule has 4 N–H and O–H groups in total. The summed E-state index contributed by atoms with van der Waals surface area (Å²) in [7, 11) is 0. The molecule has 0 spiro atoms. The molecule has 0 radical (unpaired) electrons. The summed E-state index contributed by atoms with van der Waals surface area (Å²) < 4.78 is 10.2. The van der Waals surface area contributed by atoms with Gasteiger partial charge in [-0.05, 0) is 6.07 Å². The van der Waals surface area contributed by atoms with Gasteiger partial charge in [-0.1, -0.05) is 0 Å². The summed E-state index contributed by atoms with van der Waals surface area (Å²) in [6.45, 7) is 0.940. The molecule has 98 valence electrons. The van der Waals surface area contributed by atoms with Gasteiger partial charge in [-0.2, -0.15) is 10.5 Å². The summed E-state index contributed by atoms with van der Waals surface area (Å²) in [5.41, 5.74) is 1.02. The maximum atomic E-state index is 11.1.